The van der Waals surface area contributed by atoms with Gasteiger partial charge in [-0.3, -0.25) is 9.78 Å². The largest absolute Gasteiger partial charge is 0.512 e. The van der Waals surface area contributed by atoms with Crippen LogP contribution in [-0.2, 0) is 69.7 Å². The van der Waals surface area contributed by atoms with Crippen molar-refractivity contribution < 1.29 is 108 Å². The van der Waals surface area contributed by atoms with Crippen molar-refractivity contribution in [2.24, 2.45) is 0 Å². The van der Waals surface area contributed by atoms with Crippen LogP contribution in [0.2, 0.25) is 0 Å². The van der Waals surface area contributed by atoms with E-state index < -0.39 is 58.1 Å². The van der Waals surface area contributed by atoms with E-state index in [1.807, 2.05) is 231 Å². The Kier molecular flexibility index (Phi) is 30.7. The Bertz CT molecular complexity index is 6080. The Balaban J connectivity index is 0.000000198. The molecule has 3 aromatic heterocycles. The van der Waals surface area contributed by atoms with Crippen LogP contribution in [0.1, 0.15) is 41.8 Å². The molecule has 3 heterocycles. The van der Waals surface area contributed by atoms with Crippen molar-refractivity contribution in [3.63, 3.8) is 0 Å². The van der Waals surface area contributed by atoms with E-state index in [0.717, 1.165) is 122 Å². The number of nitrogens with zero attached hydrogens (tertiary/aromatic N) is 3. The first-order chi connectivity index (χ1) is 61.6. The zero-order valence-corrected chi connectivity index (χ0v) is 73.9. The Morgan fingerprint density at radius 1 is 0.285 bits per heavy atom. The van der Waals surface area contributed by atoms with Crippen LogP contribution in [-0.4, -0.2) is 30.9 Å². The van der Waals surface area contributed by atoms with E-state index in [0.29, 0.717) is 29.0 Å². The molecule has 0 saturated carbocycles. The SMILES string of the molecule is C=C(O)c1ccccn1.CC(=O)C=C(C)O.FC(F)(F)c1[c-]c(-c2ccc(-c3c(-c4ccccc4)c(-c4ccccc4)c(-c4ccccc4)c(-c4ccccc4)c3-c3ccccc3)cn2)cc(C(F)(F)F)c1.FC(F)(F)c1[c-]c(-c2ccc(-c3c(-c4ccccc4)c(-c4ccccc4)c(-c4ccccc4)c(-c4ccccc4)c3-c3ccccc3)cn2)cc(C(F)(F)F)c1.[Ir].[Ir]. The number of halogens is 12. The summed E-state index contributed by atoms with van der Waals surface area (Å²) in [6.45, 7) is 6.17. The molecule has 0 unspecified atom stereocenters. The fraction of sp³-hybridized carbons (Fsp3) is 0.0545. The molecule has 0 aliphatic rings. The third kappa shape index (κ3) is 22.5. The van der Waals surface area contributed by atoms with Gasteiger partial charge in [0.1, 0.15) is 11.5 Å². The molecule has 0 aliphatic carbocycles. The molecule has 0 bridgehead atoms. The number of aliphatic hydroxyl groups is 2. The first-order valence-corrected chi connectivity index (χ1v) is 40.1. The molecule has 2 N–H and O–H groups in total. The van der Waals surface area contributed by atoms with Crippen molar-refractivity contribution in [3.05, 3.63) is 447 Å². The van der Waals surface area contributed by atoms with Gasteiger partial charge < -0.3 is 20.2 Å². The Hall–Kier alpha value is -14.3. The summed E-state index contributed by atoms with van der Waals surface area (Å²) in [7, 11) is 0. The van der Waals surface area contributed by atoms with Gasteiger partial charge >= 0.3 is 24.7 Å². The molecular formula is C110H75F12Ir2N3O3-2. The third-order valence-corrected chi connectivity index (χ3v) is 20.7. The van der Waals surface area contributed by atoms with Gasteiger partial charge in [-0.15, -0.1) is 47.5 Å². The summed E-state index contributed by atoms with van der Waals surface area (Å²) in [5.74, 6) is -0.0527. The fourth-order valence-corrected chi connectivity index (χ4v) is 15.3. The summed E-state index contributed by atoms with van der Waals surface area (Å²) < 4.78 is 166. The normalized spacial score (nSPS) is 11.4. The number of carbonyl (C=O) groups is 1. The maximum absolute atomic E-state index is 13.9. The average Bonchev–Trinajstić information content (AvgIpc) is 0.718. The molecule has 2 radical (unpaired) electrons. The topological polar surface area (TPSA) is 96.2 Å². The molecule has 0 fully saturated rings. The molecular weight excluding hydrogens is 2020 g/mol. The standard InChI is InChI=1S/2C49H30F6N.C7H7NO.C5H8O2.2Ir/c2*50-48(51,52)39-28-38(29-40(30-39)49(53,54)55)41-27-26-37(31-56-41)47-45(35-22-12-4-13-23-35)43(33-18-8-2-9-19-33)42(32-16-6-1-7-17-32)44(34-20-10-3-11-21-34)46(47)36-24-14-5-15-25-36;1-6(9)7-4-2-3-5-8-7;1-4(6)3-5(2)7;;/h2*1-28,30-31H;2-5,9H,1H2;3,6H,1-2H3;;/q2*-1;;;;. The maximum atomic E-state index is 13.9. The van der Waals surface area contributed by atoms with E-state index in [1.54, 1.807) is 36.5 Å². The number of benzene rings is 14. The van der Waals surface area contributed by atoms with Gasteiger partial charge in [0.2, 0.25) is 0 Å². The van der Waals surface area contributed by atoms with Gasteiger partial charge in [-0.25, -0.2) is 0 Å². The number of hydrogen-bond donors (Lipinski definition) is 2. The number of alkyl halides is 12. The van der Waals surface area contributed by atoms with Gasteiger partial charge in [0.25, 0.3) is 0 Å². The predicted molar refractivity (Wildman–Crippen MR) is 485 cm³/mol. The van der Waals surface area contributed by atoms with Crippen molar-refractivity contribution in [1.29, 1.82) is 0 Å². The number of pyridine rings is 3. The van der Waals surface area contributed by atoms with Crippen molar-refractivity contribution in [2.75, 3.05) is 0 Å². The second kappa shape index (κ2) is 42.1. The summed E-state index contributed by atoms with van der Waals surface area (Å²) in [5.41, 5.74) is 15.1. The number of rotatable bonds is 16. The van der Waals surface area contributed by atoms with Gasteiger partial charge in [0.15, 0.2) is 5.78 Å². The molecule has 0 aliphatic heterocycles. The first-order valence-electron chi connectivity index (χ1n) is 40.1. The van der Waals surface area contributed by atoms with Crippen molar-refractivity contribution in [3.8, 4) is 156 Å². The minimum Gasteiger partial charge on any atom is -0.512 e. The molecule has 17 aromatic rings. The van der Waals surface area contributed by atoms with E-state index in [9.17, 15) is 57.5 Å². The van der Waals surface area contributed by atoms with E-state index >= 15 is 0 Å². The van der Waals surface area contributed by atoms with Gasteiger partial charge in [-0.1, -0.05) is 340 Å². The molecule has 0 saturated heterocycles. The van der Waals surface area contributed by atoms with E-state index in [1.165, 1.54) is 44.4 Å². The monoisotopic (exact) mass is 2100 g/mol. The molecule has 652 valence electrons. The molecule has 20 heteroatoms. The Morgan fingerprint density at radius 2 is 0.500 bits per heavy atom. The molecule has 17 rings (SSSR count). The van der Waals surface area contributed by atoms with Crippen molar-refractivity contribution >= 4 is 11.5 Å². The summed E-state index contributed by atoms with van der Waals surface area (Å²) in [6.07, 6.45) is -14.3. The van der Waals surface area contributed by atoms with Gasteiger partial charge in [0.05, 0.1) is 5.76 Å². The first kappa shape index (κ1) is 94.9. The van der Waals surface area contributed by atoms with Crippen LogP contribution < -0.4 is 0 Å². The summed E-state index contributed by atoms with van der Waals surface area (Å²) in [4.78, 5) is 23.0. The number of aliphatic hydroxyl groups excluding tert-OH is 2. The summed E-state index contributed by atoms with van der Waals surface area (Å²) >= 11 is 0. The zero-order chi connectivity index (χ0) is 90.3. The van der Waals surface area contributed by atoms with Crippen LogP contribution in [0.4, 0.5) is 52.7 Å². The minimum absolute atomic E-state index is 0. The molecule has 0 amide bonds. The fourth-order valence-electron chi connectivity index (χ4n) is 15.3. The molecule has 6 nitrogen and oxygen atoms in total. The quantitative estimate of drug-likeness (QED) is 0.0433. The van der Waals surface area contributed by atoms with E-state index in [2.05, 4.69) is 106 Å². The van der Waals surface area contributed by atoms with Gasteiger partial charge in [0, 0.05) is 76.0 Å². The maximum Gasteiger partial charge on any atom is 0.399 e. The number of ketones is 1. The van der Waals surface area contributed by atoms with Crippen LogP contribution in [0.15, 0.2) is 407 Å². The second-order valence-corrected chi connectivity index (χ2v) is 29.5. The Morgan fingerprint density at radius 3 is 0.646 bits per heavy atom. The Labute approximate surface area is 770 Å². The van der Waals surface area contributed by atoms with Crippen LogP contribution >= 0.6 is 0 Å². The van der Waals surface area contributed by atoms with Crippen LogP contribution in [0, 0.1) is 12.1 Å². The number of carbonyl (C=O) groups excluding carboxylic acids is 1. The number of aromatic nitrogens is 3. The van der Waals surface area contributed by atoms with Crippen LogP contribution in [0.25, 0.3) is 162 Å². The number of hydrogen-bond acceptors (Lipinski definition) is 6. The van der Waals surface area contributed by atoms with Gasteiger partial charge in [-0.2, -0.15) is 52.7 Å². The molecule has 14 aromatic carbocycles. The zero-order valence-electron chi connectivity index (χ0n) is 69.1. The van der Waals surface area contributed by atoms with Crippen LogP contribution in [0.5, 0.6) is 0 Å². The number of allylic oxidation sites excluding steroid dienone is 2. The van der Waals surface area contributed by atoms with Crippen molar-refractivity contribution in [2.45, 2.75) is 38.6 Å². The van der Waals surface area contributed by atoms with Crippen molar-refractivity contribution in [1.82, 2.24) is 15.0 Å². The molecule has 0 spiro atoms. The summed E-state index contributed by atoms with van der Waals surface area (Å²) in [6, 6.07) is 118. The van der Waals surface area contributed by atoms with E-state index in [4.69, 9.17) is 10.2 Å². The van der Waals surface area contributed by atoms with Gasteiger partial charge in [-0.05, 0) is 182 Å². The van der Waals surface area contributed by atoms with Crippen LogP contribution in [0.3, 0.4) is 0 Å². The molecule has 130 heavy (non-hydrogen) atoms. The minimum atomic E-state index is -5.05. The smallest absolute Gasteiger partial charge is 0.399 e. The van der Waals surface area contributed by atoms with E-state index in [-0.39, 0.29) is 81.0 Å². The predicted octanol–water partition coefficient (Wildman–Crippen LogP) is 31.8. The second-order valence-electron chi connectivity index (χ2n) is 29.5. The summed E-state index contributed by atoms with van der Waals surface area (Å²) in [5, 5.41) is 17.1. The third-order valence-electron chi connectivity index (χ3n) is 20.7. The average molecular weight is 2100 g/mol. The molecule has 0 atom stereocenters.